The van der Waals surface area contributed by atoms with E-state index in [0.717, 1.165) is 31.6 Å². The van der Waals surface area contributed by atoms with Crippen molar-refractivity contribution >= 4 is 0 Å². The molecule has 102 valence electrons. The highest BCUT2D eigenvalue weighted by atomic mass is 16.3. The molecule has 0 saturated heterocycles. The first kappa shape index (κ1) is 14.8. The van der Waals surface area contributed by atoms with Gasteiger partial charge in [-0.25, -0.2) is 0 Å². The third-order valence-electron chi connectivity index (χ3n) is 3.12. The molecule has 0 fully saturated rings. The zero-order chi connectivity index (χ0) is 13.4. The summed E-state index contributed by atoms with van der Waals surface area (Å²) in [7, 11) is 0. The van der Waals surface area contributed by atoms with Crippen LogP contribution in [0.25, 0.3) is 0 Å². The van der Waals surface area contributed by atoms with E-state index in [-0.39, 0.29) is 11.5 Å². The number of benzene rings is 1. The molecule has 0 radical (unpaired) electrons. The van der Waals surface area contributed by atoms with Crippen molar-refractivity contribution < 1.29 is 10.2 Å². The number of phenols is 2. The van der Waals surface area contributed by atoms with Gasteiger partial charge in [0, 0.05) is 6.54 Å². The molecular formula is C15H25NO2. The fourth-order valence-electron chi connectivity index (χ4n) is 2.05. The number of unbranched alkanes of at least 4 members (excludes halogenated alkanes) is 1. The van der Waals surface area contributed by atoms with Crippen LogP contribution in [0, 0.1) is 0 Å². The van der Waals surface area contributed by atoms with Gasteiger partial charge in [0.2, 0.25) is 0 Å². The number of hydrogen-bond donors (Lipinski definition) is 2. The van der Waals surface area contributed by atoms with E-state index in [0.29, 0.717) is 0 Å². The molecule has 0 aliphatic carbocycles. The average molecular weight is 251 g/mol. The second kappa shape index (κ2) is 7.98. The lowest BCUT2D eigenvalue weighted by molar-refractivity contribution is 0.273. The molecule has 3 nitrogen and oxygen atoms in total. The van der Waals surface area contributed by atoms with Crippen molar-refractivity contribution in [2.24, 2.45) is 0 Å². The second-order valence-electron chi connectivity index (χ2n) is 4.77. The molecule has 0 bridgehead atoms. The van der Waals surface area contributed by atoms with E-state index >= 15 is 0 Å². The maximum Gasteiger partial charge on any atom is 0.157 e. The van der Waals surface area contributed by atoms with Gasteiger partial charge < -0.3 is 15.1 Å². The Morgan fingerprint density at radius 1 is 0.944 bits per heavy atom. The minimum atomic E-state index is -0.0462. The van der Waals surface area contributed by atoms with Crippen LogP contribution < -0.4 is 0 Å². The maximum atomic E-state index is 9.45. The monoisotopic (exact) mass is 251 g/mol. The number of hydrogen-bond acceptors (Lipinski definition) is 3. The highest BCUT2D eigenvalue weighted by molar-refractivity contribution is 5.40. The van der Waals surface area contributed by atoms with E-state index < -0.39 is 0 Å². The van der Waals surface area contributed by atoms with Gasteiger partial charge in [-0.2, -0.15) is 0 Å². The Bertz CT molecular complexity index is 352. The molecule has 1 aromatic rings. The summed E-state index contributed by atoms with van der Waals surface area (Å²) in [6.07, 6.45) is 4.54. The van der Waals surface area contributed by atoms with Gasteiger partial charge in [-0.3, -0.25) is 0 Å². The molecule has 0 amide bonds. The Labute approximate surface area is 110 Å². The minimum absolute atomic E-state index is 0.0249. The largest absolute Gasteiger partial charge is 0.504 e. The van der Waals surface area contributed by atoms with Crippen LogP contribution in [0.3, 0.4) is 0 Å². The molecule has 1 aromatic carbocycles. The molecule has 0 unspecified atom stereocenters. The van der Waals surface area contributed by atoms with Crippen molar-refractivity contribution in [1.29, 1.82) is 0 Å². The summed E-state index contributed by atoms with van der Waals surface area (Å²) in [5, 5.41) is 18.7. The summed E-state index contributed by atoms with van der Waals surface area (Å²) in [5.41, 5.74) is 1.07. The van der Waals surface area contributed by atoms with Crippen LogP contribution in [0.5, 0.6) is 11.5 Å². The van der Waals surface area contributed by atoms with E-state index in [4.69, 9.17) is 0 Å². The molecule has 2 N–H and O–H groups in total. The fourth-order valence-corrected chi connectivity index (χ4v) is 2.05. The maximum absolute atomic E-state index is 9.45. The van der Waals surface area contributed by atoms with Gasteiger partial charge in [0.25, 0.3) is 0 Å². The highest BCUT2D eigenvalue weighted by Crippen LogP contribution is 2.25. The Kier molecular flexibility index (Phi) is 6.58. The quantitative estimate of drug-likeness (QED) is 0.698. The molecule has 0 aromatic heterocycles. The van der Waals surface area contributed by atoms with E-state index in [1.807, 2.05) is 6.07 Å². The van der Waals surface area contributed by atoms with Crippen LogP contribution in [0.1, 0.15) is 38.7 Å². The van der Waals surface area contributed by atoms with Gasteiger partial charge in [0.05, 0.1) is 0 Å². The SMILES string of the molecule is CCCCN(CCC)CCc1ccc(O)c(O)c1. The summed E-state index contributed by atoms with van der Waals surface area (Å²) in [5.74, 6) is -0.0711. The molecule has 0 atom stereocenters. The molecule has 18 heavy (non-hydrogen) atoms. The van der Waals surface area contributed by atoms with Crippen molar-refractivity contribution in [2.75, 3.05) is 19.6 Å². The molecule has 0 spiro atoms. The Morgan fingerprint density at radius 2 is 1.72 bits per heavy atom. The van der Waals surface area contributed by atoms with Crippen molar-refractivity contribution in [3.8, 4) is 11.5 Å². The van der Waals surface area contributed by atoms with Gasteiger partial charge in [-0.15, -0.1) is 0 Å². The molecule has 0 aliphatic rings. The van der Waals surface area contributed by atoms with Crippen LogP contribution >= 0.6 is 0 Å². The van der Waals surface area contributed by atoms with E-state index in [1.165, 1.54) is 19.3 Å². The lowest BCUT2D eigenvalue weighted by Gasteiger charge is -2.21. The zero-order valence-electron chi connectivity index (χ0n) is 11.5. The van der Waals surface area contributed by atoms with Crippen LogP contribution in [-0.2, 0) is 6.42 Å². The first-order chi connectivity index (χ1) is 8.67. The van der Waals surface area contributed by atoms with Crippen LogP contribution in [0.15, 0.2) is 18.2 Å². The average Bonchev–Trinajstić information content (AvgIpc) is 2.37. The van der Waals surface area contributed by atoms with Gasteiger partial charge in [0.15, 0.2) is 11.5 Å². The smallest absolute Gasteiger partial charge is 0.157 e. The summed E-state index contributed by atoms with van der Waals surface area (Å²) < 4.78 is 0. The summed E-state index contributed by atoms with van der Waals surface area (Å²) in [6, 6.07) is 5.08. The predicted octanol–water partition coefficient (Wildman–Crippen LogP) is 3.15. The lowest BCUT2D eigenvalue weighted by Crippen LogP contribution is -2.28. The molecule has 0 heterocycles. The van der Waals surface area contributed by atoms with Crippen molar-refractivity contribution in [2.45, 2.75) is 39.5 Å². The van der Waals surface area contributed by atoms with Gasteiger partial charge in [0.1, 0.15) is 0 Å². The Balaban J connectivity index is 2.47. The topological polar surface area (TPSA) is 43.7 Å². The molecule has 0 aliphatic heterocycles. The van der Waals surface area contributed by atoms with Gasteiger partial charge in [-0.05, 0) is 50.0 Å². The van der Waals surface area contributed by atoms with E-state index in [2.05, 4.69) is 18.7 Å². The zero-order valence-corrected chi connectivity index (χ0v) is 11.5. The van der Waals surface area contributed by atoms with Crippen LogP contribution in [0.2, 0.25) is 0 Å². The van der Waals surface area contributed by atoms with Crippen molar-refractivity contribution in [3.05, 3.63) is 23.8 Å². The molecule has 0 saturated carbocycles. The number of nitrogens with zero attached hydrogens (tertiary/aromatic N) is 1. The first-order valence-electron chi connectivity index (χ1n) is 6.90. The lowest BCUT2D eigenvalue weighted by atomic mass is 10.1. The van der Waals surface area contributed by atoms with Crippen molar-refractivity contribution in [1.82, 2.24) is 4.90 Å². The molecule has 1 rings (SSSR count). The van der Waals surface area contributed by atoms with Crippen LogP contribution in [0.4, 0.5) is 0 Å². The van der Waals surface area contributed by atoms with Gasteiger partial charge >= 0.3 is 0 Å². The van der Waals surface area contributed by atoms with Crippen LogP contribution in [-0.4, -0.2) is 34.7 Å². The number of phenolic OH excluding ortho intramolecular Hbond substituents is 2. The molecular weight excluding hydrogens is 226 g/mol. The summed E-state index contributed by atoms with van der Waals surface area (Å²) >= 11 is 0. The van der Waals surface area contributed by atoms with Gasteiger partial charge in [-0.1, -0.05) is 26.3 Å². The van der Waals surface area contributed by atoms with E-state index in [1.54, 1.807) is 12.1 Å². The Hall–Kier alpha value is -1.22. The van der Waals surface area contributed by atoms with E-state index in [9.17, 15) is 10.2 Å². The normalized spacial score (nSPS) is 11.1. The highest BCUT2D eigenvalue weighted by Gasteiger charge is 2.05. The summed E-state index contributed by atoms with van der Waals surface area (Å²) in [6.45, 7) is 7.70. The second-order valence-corrected chi connectivity index (χ2v) is 4.77. The minimum Gasteiger partial charge on any atom is -0.504 e. The Morgan fingerprint density at radius 3 is 2.33 bits per heavy atom. The first-order valence-corrected chi connectivity index (χ1v) is 6.90. The number of rotatable bonds is 8. The summed E-state index contributed by atoms with van der Waals surface area (Å²) in [4.78, 5) is 2.47. The third kappa shape index (κ3) is 4.96. The van der Waals surface area contributed by atoms with Crippen molar-refractivity contribution in [3.63, 3.8) is 0 Å². The third-order valence-corrected chi connectivity index (χ3v) is 3.12. The number of aromatic hydroxyl groups is 2. The predicted molar refractivity (Wildman–Crippen MR) is 75.1 cm³/mol. The standard InChI is InChI=1S/C15H25NO2/c1-3-5-10-16(9-4-2)11-8-13-6-7-14(17)15(18)12-13/h6-7,12,17-18H,3-5,8-11H2,1-2H3. The molecule has 3 heteroatoms. The fraction of sp³-hybridized carbons (Fsp3) is 0.600.